The molecule has 0 unspecified atom stereocenters. The molecule has 0 spiro atoms. The smallest absolute Gasteiger partial charge is 0.330 e. The second kappa shape index (κ2) is 8.93. The first-order valence-electron chi connectivity index (χ1n) is 10.1. The first-order valence-corrected chi connectivity index (χ1v) is 10.1. The van der Waals surface area contributed by atoms with Gasteiger partial charge < -0.3 is 14.6 Å². The van der Waals surface area contributed by atoms with E-state index in [0.29, 0.717) is 12.2 Å². The number of carbonyl (C=O) groups is 1. The Labute approximate surface area is 172 Å². The van der Waals surface area contributed by atoms with E-state index in [1.807, 2.05) is 39.0 Å². The third kappa shape index (κ3) is 5.55. The maximum Gasteiger partial charge on any atom is 0.330 e. The molecule has 0 aliphatic carbocycles. The highest BCUT2D eigenvalue weighted by Gasteiger charge is 2.47. The minimum Gasteiger partial charge on any atom is -0.489 e. The van der Waals surface area contributed by atoms with Crippen molar-refractivity contribution >= 4 is 5.97 Å². The standard InChI is InChI=1S/C23H30N2O4/c1-22(2,3)29-21(27)23(9-10-25-23)16-28-20-13-19(14-24-15-20)18-8-4-6-17(12-18)7-5-11-26/h4,6,8,12-15,25-26H,5,7,9-11,16H2,1-3H3/t23-/m0/s1. The van der Waals surface area contributed by atoms with Gasteiger partial charge in [-0.3, -0.25) is 10.3 Å². The van der Waals surface area contributed by atoms with E-state index in [1.54, 1.807) is 12.4 Å². The molecule has 0 amide bonds. The predicted octanol–water partition coefficient (Wildman–Crippen LogP) is 3.13. The van der Waals surface area contributed by atoms with E-state index in [9.17, 15) is 4.79 Å². The highest BCUT2D eigenvalue weighted by atomic mass is 16.6. The quantitative estimate of drug-likeness (QED) is 0.665. The minimum atomic E-state index is -0.798. The van der Waals surface area contributed by atoms with Crippen LogP contribution in [0.2, 0.25) is 0 Å². The number of esters is 1. The average molecular weight is 399 g/mol. The van der Waals surface area contributed by atoms with Crippen LogP contribution in [0.25, 0.3) is 11.1 Å². The van der Waals surface area contributed by atoms with Crippen molar-refractivity contribution in [1.29, 1.82) is 0 Å². The topological polar surface area (TPSA) is 80.7 Å². The van der Waals surface area contributed by atoms with Crippen molar-refractivity contribution in [2.45, 2.75) is 51.2 Å². The summed E-state index contributed by atoms with van der Waals surface area (Å²) < 4.78 is 11.5. The Bertz CT molecular complexity index is 841. The SMILES string of the molecule is CC(C)(C)OC(=O)[C@@]1(COc2cncc(-c3cccc(CCCO)c3)c2)CCN1. The number of hydrogen-bond donors (Lipinski definition) is 2. The molecule has 2 heterocycles. The van der Waals surface area contributed by atoms with Crippen LogP contribution in [0.3, 0.4) is 0 Å². The lowest BCUT2D eigenvalue weighted by atomic mass is 9.88. The number of rotatable bonds is 8. The van der Waals surface area contributed by atoms with E-state index in [4.69, 9.17) is 14.6 Å². The molecule has 0 radical (unpaired) electrons. The zero-order chi connectivity index (χ0) is 20.9. The van der Waals surface area contributed by atoms with Gasteiger partial charge >= 0.3 is 5.97 Å². The lowest BCUT2D eigenvalue weighted by Crippen LogP contribution is -2.66. The third-order valence-corrected chi connectivity index (χ3v) is 4.89. The number of carbonyl (C=O) groups excluding carboxylic acids is 1. The molecule has 1 aromatic carbocycles. The van der Waals surface area contributed by atoms with Crippen molar-refractivity contribution in [3.05, 3.63) is 48.3 Å². The zero-order valence-corrected chi connectivity index (χ0v) is 17.4. The van der Waals surface area contributed by atoms with Crippen LogP contribution in [0, 0.1) is 0 Å². The van der Waals surface area contributed by atoms with Crippen LogP contribution in [-0.4, -0.2) is 47.0 Å². The average Bonchev–Trinajstić information content (AvgIpc) is 2.64. The Kier molecular flexibility index (Phi) is 6.55. The first kappa shape index (κ1) is 21.3. The summed E-state index contributed by atoms with van der Waals surface area (Å²) in [6, 6.07) is 10.1. The fraction of sp³-hybridized carbons (Fsp3) is 0.478. The number of benzene rings is 1. The number of hydrogen-bond acceptors (Lipinski definition) is 6. The Morgan fingerprint density at radius 2 is 2.03 bits per heavy atom. The number of nitrogens with zero attached hydrogens (tertiary/aromatic N) is 1. The van der Waals surface area contributed by atoms with Gasteiger partial charge in [0.1, 0.15) is 18.0 Å². The summed E-state index contributed by atoms with van der Waals surface area (Å²) in [4.78, 5) is 16.9. The van der Waals surface area contributed by atoms with Crippen LogP contribution in [0.15, 0.2) is 42.7 Å². The maximum atomic E-state index is 12.6. The van der Waals surface area contributed by atoms with Gasteiger partial charge in [-0.05, 0) is 63.8 Å². The molecule has 6 heteroatoms. The van der Waals surface area contributed by atoms with Crippen molar-refractivity contribution in [3.8, 4) is 16.9 Å². The van der Waals surface area contributed by atoms with Gasteiger partial charge in [0.2, 0.25) is 0 Å². The van der Waals surface area contributed by atoms with Crippen LogP contribution in [0.1, 0.15) is 39.2 Å². The number of aliphatic hydroxyl groups excluding tert-OH is 1. The highest BCUT2D eigenvalue weighted by molar-refractivity contribution is 5.82. The van der Waals surface area contributed by atoms with Gasteiger partial charge in [-0.15, -0.1) is 0 Å². The van der Waals surface area contributed by atoms with Gasteiger partial charge in [0.25, 0.3) is 0 Å². The van der Waals surface area contributed by atoms with E-state index in [2.05, 4.69) is 22.4 Å². The molecular formula is C23H30N2O4. The second-order valence-corrected chi connectivity index (χ2v) is 8.49. The fourth-order valence-corrected chi connectivity index (χ4v) is 3.21. The molecular weight excluding hydrogens is 368 g/mol. The fourth-order valence-electron chi connectivity index (χ4n) is 3.21. The molecule has 0 bridgehead atoms. The number of nitrogens with one attached hydrogen (secondary N) is 1. The molecule has 0 saturated carbocycles. The highest BCUT2D eigenvalue weighted by Crippen LogP contribution is 2.27. The molecule has 3 rings (SSSR count). The number of pyridine rings is 1. The third-order valence-electron chi connectivity index (χ3n) is 4.89. The predicted molar refractivity (Wildman–Crippen MR) is 112 cm³/mol. The first-order chi connectivity index (χ1) is 13.8. The molecule has 1 atom stereocenters. The van der Waals surface area contributed by atoms with Gasteiger partial charge in [-0.2, -0.15) is 0 Å². The zero-order valence-electron chi connectivity index (χ0n) is 17.4. The summed E-state index contributed by atoms with van der Waals surface area (Å²) >= 11 is 0. The summed E-state index contributed by atoms with van der Waals surface area (Å²) in [6.45, 7) is 6.73. The van der Waals surface area contributed by atoms with Crippen LogP contribution in [0.5, 0.6) is 5.75 Å². The summed E-state index contributed by atoms with van der Waals surface area (Å²) in [7, 11) is 0. The molecule has 1 saturated heterocycles. The molecule has 156 valence electrons. The van der Waals surface area contributed by atoms with Crippen molar-refractivity contribution in [3.63, 3.8) is 0 Å². The second-order valence-electron chi connectivity index (χ2n) is 8.49. The summed E-state index contributed by atoms with van der Waals surface area (Å²) in [5.74, 6) is 0.330. The van der Waals surface area contributed by atoms with Crippen LogP contribution >= 0.6 is 0 Å². The minimum absolute atomic E-state index is 0.183. The Morgan fingerprint density at radius 3 is 2.69 bits per heavy atom. The van der Waals surface area contributed by atoms with Gasteiger partial charge in [0, 0.05) is 18.4 Å². The van der Waals surface area contributed by atoms with Gasteiger partial charge in [-0.25, -0.2) is 4.79 Å². The largest absolute Gasteiger partial charge is 0.489 e. The van der Waals surface area contributed by atoms with Crippen molar-refractivity contribution in [1.82, 2.24) is 10.3 Å². The molecule has 2 aromatic rings. The lowest BCUT2D eigenvalue weighted by Gasteiger charge is -2.41. The summed E-state index contributed by atoms with van der Waals surface area (Å²) in [5, 5.41) is 12.2. The number of aliphatic hydroxyl groups is 1. The Morgan fingerprint density at radius 1 is 1.24 bits per heavy atom. The Balaban J connectivity index is 1.69. The Hall–Kier alpha value is -2.44. The molecule has 1 aliphatic rings. The van der Waals surface area contributed by atoms with Gasteiger partial charge in [0.05, 0.1) is 6.20 Å². The lowest BCUT2D eigenvalue weighted by molar-refractivity contribution is -0.168. The molecule has 29 heavy (non-hydrogen) atoms. The molecule has 1 fully saturated rings. The van der Waals surface area contributed by atoms with E-state index in [1.165, 1.54) is 5.56 Å². The van der Waals surface area contributed by atoms with Crippen molar-refractivity contribution < 1.29 is 19.4 Å². The van der Waals surface area contributed by atoms with Crippen molar-refractivity contribution in [2.24, 2.45) is 0 Å². The monoisotopic (exact) mass is 398 g/mol. The van der Waals surface area contributed by atoms with Crippen LogP contribution in [-0.2, 0) is 16.0 Å². The van der Waals surface area contributed by atoms with E-state index in [0.717, 1.165) is 30.5 Å². The van der Waals surface area contributed by atoms with Crippen LogP contribution < -0.4 is 10.1 Å². The number of aromatic nitrogens is 1. The summed E-state index contributed by atoms with van der Waals surface area (Å²) in [6.07, 6.45) is 5.70. The van der Waals surface area contributed by atoms with E-state index < -0.39 is 11.1 Å². The normalized spacial score (nSPS) is 18.8. The number of aryl methyl sites for hydroxylation is 1. The van der Waals surface area contributed by atoms with Gasteiger partial charge in [0.15, 0.2) is 5.54 Å². The maximum absolute atomic E-state index is 12.6. The summed E-state index contributed by atoms with van der Waals surface area (Å²) in [5.41, 5.74) is 1.82. The van der Waals surface area contributed by atoms with E-state index >= 15 is 0 Å². The molecule has 1 aliphatic heterocycles. The van der Waals surface area contributed by atoms with Gasteiger partial charge in [-0.1, -0.05) is 24.3 Å². The molecule has 2 N–H and O–H groups in total. The molecule has 1 aromatic heterocycles. The molecule has 6 nitrogen and oxygen atoms in total. The van der Waals surface area contributed by atoms with Crippen LogP contribution in [0.4, 0.5) is 0 Å². The number of ether oxygens (including phenoxy) is 2. The van der Waals surface area contributed by atoms with E-state index in [-0.39, 0.29) is 19.2 Å². The van der Waals surface area contributed by atoms with Crippen molar-refractivity contribution in [2.75, 3.05) is 19.8 Å².